The molecule has 0 atom stereocenters. The molecule has 1 amide bonds. The van der Waals surface area contributed by atoms with Gasteiger partial charge in [-0.2, -0.15) is 0 Å². The van der Waals surface area contributed by atoms with Gasteiger partial charge in [0.2, 0.25) is 0 Å². The van der Waals surface area contributed by atoms with E-state index < -0.39 is 11.9 Å². The highest BCUT2D eigenvalue weighted by Gasteiger charge is 2.13. The zero-order valence-electron chi connectivity index (χ0n) is 15.3. The Kier molecular flexibility index (Phi) is 5.30. The SMILES string of the molecule is COc1ccccc1OC(=O)CNC(=O)c1ccc2nc(C)c(C)nc2c1. The highest BCUT2D eigenvalue weighted by molar-refractivity contribution is 5.98. The second-order valence-electron chi connectivity index (χ2n) is 5.91. The number of hydrogen-bond acceptors (Lipinski definition) is 6. The van der Waals surface area contributed by atoms with Gasteiger partial charge in [0.05, 0.1) is 29.5 Å². The van der Waals surface area contributed by atoms with Crippen molar-refractivity contribution in [3.8, 4) is 11.5 Å². The number of benzene rings is 2. The van der Waals surface area contributed by atoms with E-state index in [4.69, 9.17) is 9.47 Å². The third kappa shape index (κ3) is 4.20. The Morgan fingerprint density at radius 2 is 1.63 bits per heavy atom. The maximum absolute atomic E-state index is 12.3. The summed E-state index contributed by atoms with van der Waals surface area (Å²) in [6, 6.07) is 11.8. The van der Waals surface area contributed by atoms with Gasteiger partial charge in [-0.3, -0.25) is 4.79 Å². The first-order valence-electron chi connectivity index (χ1n) is 8.35. The highest BCUT2D eigenvalue weighted by atomic mass is 16.6. The third-order valence-corrected chi connectivity index (χ3v) is 4.02. The number of ether oxygens (including phenoxy) is 2. The van der Waals surface area contributed by atoms with E-state index in [2.05, 4.69) is 15.3 Å². The zero-order valence-corrected chi connectivity index (χ0v) is 15.3. The summed E-state index contributed by atoms with van der Waals surface area (Å²) in [6.45, 7) is 3.48. The molecule has 0 spiro atoms. The number of para-hydroxylation sites is 2. The fourth-order valence-electron chi connectivity index (χ4n) is 2.49. The van der Waals surface area contributed by atoms with Gasteiger partial charge in [-0.1, -0.05) is 12.1 Å². The number of aryl methyl sites for hydroxylation is 2. The maximum Gasteiger partial charge on any atom is 0.330 e. The van der Waals surface area contributed by atoms with Crippen LogP contribution in [0.3, 0.4) is 0 Å². The summed E-state index contributed by atoms with van der Waals surface area (Å²) in [5, 5.41) is 2.54. The van der Waals surface area contributed by atoms with Crippen LogP contribution in [0.4, 0.5) is 0 Å². The fraction of sp³-hybridized carbons (Fsp3) is 0.200. The van der Waals surface area contributed by atoms with E-state index in [1.165, 1.54) is 7.11 Å². The number of carbonyl (C=O) groups excluding carboxylic acids is 2. The van der Waals surface area contributed by atoms with Gasteiger partial charge in [0.25, 0.3) is 5.91 Å². The molecule has 0 unspecified atom stereocenters. The quantitative estimate of drug-likeness (QED) is 0.552. The summed E-state index contributed by atoms with van der Waals surface area (Å²) in [5.74, 6) is -0.254. The zero-order chi connectivity index (χ0) is 19.4. The molecule has 138 valence electrons. The second kappa shape index (κ2) is 7.82. The highest BCUT2D eigenvalue weighted by Crippen LogP contribution is 2.25. The van der Waals surface area contributed by atoms with Crippen LogP contribution in [-0.4, -0.2) is 35.5 Å². The van der Waals surface area contributed by atoms with Crippen molar-refractivity contribution in [3.05, 3.63) is 59.4 Å². The van der Waals surface area contributed by atoms with Crippen LogP contribution in [0.5, 0.6) is 11.5 Å². The minimum absolute atomic E-state index is 0.270. The maximum atomic E-state index is 12.3. The predicted molar refractivity (Wildman–Crippen MR) is 100.0 cm³/mol. The van der Waals surface area contributed by atoms with Gasteiger partial charge in [0.15, 0.2) is 11.5 Å². The molecule has 0 aliphatic heterocycles. The van der Waals surface area contributed by atoms with Crippen molar-refractivity contribution >= 4 is 22.9 Å². The van der Waals surface area contributed by atoms with Gasteiger partial charge in [-0.05, 0) is 44.2 Å². The molecule has 0 saturated heterocycles. The molecule has 1 heterocycles. The van der Waals surface area contributed by atoms with Gasteiger partial charge in [0, 0.05) is 5.56 Å². The number of hydrogen-bond donors (Lipinski definition) is 1. The first-order valence-corrected chi connectivity index (χ1v) is 8.35. The van der Waals surface area contributed by atoms with Crippen molar-refractivity contribution in [2.75, 3.05) is 13.7 Å². The molecule has 1 N–H and O–H groups in total. The van der Waals surface area contributed by atoms with Gasteiger partial charge >= 0.3 is 5.97 Å². The van der Waals surface area contributed by atoms with Crippen LogP contribution in [-0.2, 0) is 4.79 Å². The van der Waals surface area contributed by atoms with E-state index >= 15 is 0 Å². The Morgan fingerprint density at radius 1 is 0.963 bits per heavy atom. The van der Waals surface area contributed by atoms with Crippen molar-refractivity contribution in [2.45, 2.75) is 13.8 Å². The van der Waals surface area contributed by atoms with E-state index in [1.807, 2.05) is 13.8 Å². The number of nitrogens with one attached hydrogen (secondary N) is 1. The Labute approximate surface area is 156 Å². The predicted octanol–water partition coefficient (Wildman–Crippen LogP) is 2.59. The van der Waals surface area contributed by atoms with E-state index in [9.17, 15) is 9.59 Å². The monoisotopic (exact) mass is 365 g/mol. The van der Waals surface area contributed by atoms with Gasteiger partial charge < -0.3 is 14.8 Å². The summed E-state index contributed by atoms with van der Waals surface area (Å²) in [7, 11) is 1.49. The number of carbonyl (C=O) groups is 2. The van der Waals surface area contributed by atoms with E-state index in [-0.39, 0.29) is 6.54 Å². The molecular weight excluding hydrogens is 346 g/mol. The number of aromatic nitrogens is 2. The molecule has 27 heavy (non-hydrogen) atoms. The van der Waals surface area contributed by atoms with Gasteiger partial charge in [0.1, 0.15) is 6.54 Å². The molecule has 3 rings (SSSR count). The summed E-state index contributed by atoms with van der Waals surface area (Å²) < 4.78 is 10.3. The molecule has 0 radical (unpaired) electrons. The molecule has 3 aromatic rings. The van der Waals surface area contributed by atoms with Crippen LogP contribution in [0.1, 0.15) is 21.7 Å². The largest absolute Gasteiger partial charge is 0.493 e. The molecule has 2 aromatic carbocycles. The molecule has 0 bridgehead atoms. The van der Waals surface area contributed by atoms with Crippen LogP contribution < -0.4 is 14.8 Å². The Hall–Kier alpha value is -3.48. The first-order chi connectivity index (χ1) is 13.0. The molecular formula is C20H19N3O4. The third-order valence-electron chi connectivity index (χ3n) is 4.02. The number of methoxy groups -OCH3 is 1. The molecule has 0 aliphatic rings. The van der Waals surface area contributed by atoms with Crippen molar-refractivity contribution in [1.29, 1.82) is 0 Å². The minimum atomic E-state index is -0.597. The van der Waals surface area contributed by atoms with Crippen molar-refractivity contribution in [2.24, 2.45) is 0 Å². The Balaban J connectivity index is 1.66. The number of nitrogens with zero attached hydrogens (tertiary/aromatic N) is 2. The molecule has 7 heteroatoms. The fourth-order valence-corrected chi connectivity index (χ4v) is 2.49. The van der Waals surface area contributed by atoms with Crippen molar-refractivity contribution in [1.82, 2.24) is 15.3 Å². The number of esters is 1. The molecule has 1 aromatic heterocycles. The molecule has 7 nitrogen and oxygen atoms in total. The molecule has 0 aliphatic carbocycles. The van der Waals surface area contributed by atoms with Crippen molar-refractivity contribution < 1.29 is 19.1 Å². The summed E-state index contributed by atoms with van der Waals surface area (Å²) in [4.78, 5) is 33.2. The standard InChI is InChI=1S/C20H19N3O4/c1-12-13(2)23-16-10-14(8-9-15(16)22-12)20(25)21-11-19(24)27-18-7-5-4-6-17(18)26-3/h4-10H,11H2,1-3H3,(H,21,25). The lowest BCUT2D eigenvalue weighted by Crippen LogP contribution is -2.31. The van der Waals surface area contributed by atoms with Crippen molar-refractivity contribution in [3.63, 3.8) is 0 Å². The van der Waals surface area contributed by atoms with E-state index in [0.717, 1.165) is 11.4 Å². The molecule has 0 fully saturated rings. The lowest BCUT2D eigenvalue weighted by atomic mass is 10.1. The number of amides is 1. The summed E-state index contributed by atoms with van der Waals surface area (Å²) in [5.41, 5.74) is 3.39. The second-order valence-corrected chi connectivity index (χ2v) is 5.91. The lowest BCUT2D eigenvalue weighted by molar-refractivity contribution is -0.133. The Bertz CT molecular complexity index is 1020. The summed E-state index contributed by atoms with van der Waals surface area (Å²) in [6.07, 6.45) is 0. The molecule has 0 saturated carbocycles. The van der Waals surface area contributed by atoms with Crippen LogP contribution >= 0.6 is 0 Å². The van der Waals surface area contributed by atoms with Crippen LogP contribution in [0.25, 0.3) is 11.0 Å². The van der Waals surface area contributed by atoms with E-state index in [0.29, 0.717) is 28.1 Å². The minimum Gasteiger partial charge on any atom is -0.493 e. The summed E-state index contributed by atoms with van der Waals surface area (Å²) >= 11 is 0. The number of rotatable bonds is 5. The first kappa shape index (κ1) is 18.3. The number of fused-ring (bicyclic) bond motifs is 1. The van der Waals surface area contributed by atoms with Gasteiger partial charge in [-0.15, -0.1) is 0 Å². The normalized spacial score (nSPS) is 10.5. The van der Waals surface area contributed by atoms with Gasteiger partial charge in [-0.25, -0.2) is 14.8 Å². The van der Waals surface area contributed by atoms with Crippen LogP contribution in [0.15, 0.2) is 42.5 Å². The van der Waals surface area contributed by atoms with Crippen LogP contribution in [0, 0.1) is 13.8 Å². The smallest absolute Gasteiger partial charge is 0.330 e. The van der Waals surface area contributed by atoms with Crippen LogP contribution in [0.2, 0.25) is 0 Å². The topological polar surface area (TPSA) is 90.4 Å². The van der Waals surface area contributed by atoms with E-state index in [1.54, 1.807) is 42.5 Å². The average molecular weight is 365 g/mol. The average Bonchev–Trinajstić information content (AvgIpc) is 2.67. The Morgan fingerprint density at radius 3 is 2.33 bits per heavy atom. The lowest BCUT2D eigenvalue weighted by Gasteiger charge is -2.09.